The summed E-state index contributed by atoms with van der Waals surface area (Å²) in [5.74, 6) is 6.22. The largest absolute Gasteiger partial charge is 0.391 e. The molecule has 5 N–H and O–H groups in total. The summed E-state index contributed by atoms with van der Waals surface area (Å²) >= 11 is 0. The van der Waals surface area contributed by atoms with Gasteiger partial charge in [0.25, 0.3) is 0 Å². The molecule has 1 aromatic heterocycles. The summed E-state index contributed by atoms with van der Waals surface area (Å²) in [7, 11) is 0. The second kappa shape index (κ2) is 7.09. The SMILES string of the molecule is CCC(CC)C(O)CNc1ccnc(NN)c1. The zero-order valence-corrected chi connectivity index (χ0v) is 10.5. The van der Waals surface area contributed by atoms with Crippen molar-refractivity contribution in [3.05, 3.63) is 18.3 Å². The molecular formula is C12H22N4O. The maximum atomic E-state index is 9.98. The Morgan fingerprint density at radius 1 is 1.41 bits per heavy atom. The van der Waals surface area contributed by atoms with Crippen LogP contribution in [0.2, 0.25) is 0 Å². The van der Waals surface area contributed by atoms with E-state index in [1.807, 2.05) is 6.07 Å². The van der Waals surface area contributed by atoms with Crippen molar-refractivity contribution in [3.8, 4) is 0 Å². The predicted molar refractivity (Wildman–Crippen MR) is 70.6 cm³/mol. The Hall–Kier alpha value is -1.33. The van der Waals surface area contributed by atoms with Gasteiger partial charge in [-0.3, -0.25) is 0 Å². The first-order chi connectivity index (χ1) is 8.21. The number of aromatic nitrogens is 1. The van der Waals surface area contributed by atoms with Gasteiger partial charge in [0.05, 0.1) is 6.10 Å². The Morgan fingerprint density at radius 2 is 2.12 bits per heavy atom. The zero-order valence-electron chi connectivity index (χ0n) is 10.5. The van der Waals surface area contributed by atoms with Crippen molar-refractivity contribution in [1.82, 2.24) is 4.98 Å². The van der Waals surface area contributed by atoms with E-state index in [4.69, 9.17) is 5.84 Å². The average molecular weight is 238 g/mol. The standard InChI is InChI=1S/C12H22N4O/c1-3-9(4-2)11(17)8-15-10-5-6-14-12(7-10)16-13/h5-7,9,11,17H,3-4,8,13H2,1-2H3,(H2,14,15,16). The molecule has 96 valence electrons. The Bertz CT molecular complexity index is 328. The third-order valence-electron chi connectivity index (χ3n) is 3.02. The Morgan fingerprint density at radius 3 is 2.71 bits per heavy atom. The highest BCUT2D eigenvalue weighted by atomic mass is 16.3. The molecule has 0 aliphatic rings. The van der Waals surface area contributed by atoms with E-state index in [2.05, 4.69) is 29.6 Å². The average Bonchev–Trinajstić information content (AvgIpc) is 2.38. The van der Waals surface area contributed by atoms with Crippen LogP contribution in [0.4, 0.5) is 11.5 Å². The van der Waals surface area contributed by atoms with Crippen LogP contribution in [0, 0.1) is 5.92 Å². The molecule has 0 spiro atoms. The highest BCUT2D eigenvalue weighted by Crippen LogP contribution is 2.15. The molecule has 5 heteroatoms. The van der Waals surface area contributed by atoms with Gasteiger partial charge in [-0.1, -0.05) is 26.7 Å². The van der Waals surface area contributed by atoms with Crippen LogP contribution in [0.3, 0.4) is 0 Å². The fourth-order valence-electron chi connectivity index (χ4n) is 1.84. The maximum Gasteiger partial charge on any atom is 0.141 e. The number of nitrogens with one attached hydrogen (secondary N) is 2. The molecule has 0 aliphatic heterocycles. The summed E-state index contributed by atoms with van der Waals surface area (Å²) in [6, 6.07) is 3.65. The molecule has 0 saturated heterocycles. The highest BCUT2D eigenvalue weighted by Gasteiger charge is 2.14. The van der Waals surface area contributed by atoms with Gasteiger partial charge in [0.1, 0.15) is 5.82 Å². The third kappa shape index (κ3) is 4.20. The second-order valence-electron chi connectivity index (χ2n) is 4.10. The molecule has 0 aromatic carbocycles. The molecule has 1 rings (SSSR count). The van der Waals surface area contributed by atoms with E-state index in [0.29, 0.717) is 18.3 Å². The minimum atomic E-state index is -0.326. The van der Waals surface area contributed by atoms with Crippen molar-refractivity contribution in [2.24, 2.45) is 11.8 Å². The molecule has 5 nitrogen and oxygen atoms in total. The first-order valence-electron chi connectivity index (χ1n) is 6.05. The number of anilines is 2. The molecule has 0 saturated carbocycles. The van der Waals surface area contributed by atoms with Crippen LogP contribution in [0.1, 0.15) is 26.7 Å². The Balaban J connectivity index is 2.49. The molecule has 0 fully saturated rings. The van der Waals surface area contributed by atoms with Crippen LogP contribution in [0.25, 0.3) is 0 Å². The Kier molecular flexibility index (Phi) is 5.72. The lowest BCUT2D eigenvalue weighted by atomic mass is 9.96. The molecule has 1 aromatic rings. The molecule has 0 aliphatic carbocycles. The summed E-state index contributed by atoms with van der Waals surface area (Å²) < 4.78 is 0. The monoisotopic (exact) mass is 238 g/mol. The van der Waals surface area contributed by atoms with Gasteiger partial charge < -0.3 is 15.8 Å². The van der Waals surface area contributed by atoms with Gasteiger partial charge in [0.2, 0.25) is 0 Å². The van der Waals surface area contributed by atoms with Gasteiger partial charge in [-0.25, -0.2) is 10.8 Å². The lowest BCUT2D eigenvalue weighted by Crippen LogP contribution is -2.27. The Labute approximate surface area is 102 Å². The number of hydrogen-bond acceptors (Lipinski definition) is 5. The van der Waals surface area contributed by atoms with Crippen LogP contribution >= 0.6 is 0 Å². The second-order valence-corrected chi connectivity index (χ2v) is 4.10. The highest BCUT2D eigenvalue weighted by molar-refractivity contribution is 5.51. The first kappa shape index (κ1) is 13.7. The first-order valence-corrected chi connectivity index (χ1v) is 6.05. The van der Waals surface area contributed by atoms with E-state index in [9.17, 15) is 5.11 Å². The van der Waals surface area contributed by atoms with E-state index in [1.54, 1.807) is 12.3 Å². The van der Waals surface area contributed by atoms with E-state index in [0.717, 1.165) is 18.5 Å². The van der Waals surface area contributed by atoms with Gasteiger partial charge in [0, 0.05) is 24.5 Å². The summed E-state index contributed by atoms with van der Waals surface area (Å²) in [5.41, 5.74) is 3.39. The molecule has 1 atom stereocenters. The molecule has 0 bridgehead atoms. The lowest BCUT2D eigenvalue weighted by Gasteiger charge is -2.20. The molecule has 17 heavy (non-hydrogen) atoms. The normalized spacial score (nSPS) is 12.5. The summed E-state index contributed by atoms with van der Waals surface area (Å²) in [6.45, 7) is 4.74. The van der Waals surface area contributed by atoms with E-state index in [1.165, 1.54) is 0 Å². The number of rotatable bonds is 7. The van der Waals surface area contributed by atoms with Gasteiger partial charge in [-0.2, -0.15) is 0 Å². The topological polar surface area (TPSA) is 83.2 Å². The number of hydrogen-bond donors (Lipinski definition) is 4. The van der Waals surface area contributed by atoms with E-state index < -0.39 is 0 Å². The smallest absolute Gasteiger partial charge is 0.141 e. The number of aliphatic hydroxyl groups is 1. The van der Waals surface area contributed by atoms with Gasteiger partial charge >= 0.3 is 0 Å². The van der Waals surface area contributed by atoms with E-state index >= 15 is 0 Å². The number of aliphatic hydroxyl groups excluding tert-OH is 1. The van der Waals surface area contributed by atoms with Crippen molar-refractivity contribution >= 4 is 11.5 Å². The van der Waals surface area contributed by atoms with Gasteiger partial charge in [0.15, 0.2) is 0 Å². The lowest BCUT2D eigenvalue weighted by molar-refractivity contribution is 0.114. The van der Waals surface area contributed by atoms with Crippen molar-refractivity contribution < 1.29 is 5.11 Å². The van der Waals surface area contributed by atoms with Crippen molar-refractivity contribution in [3.63, 3.8) is 0 Å². The molecule has 1 heterocycles. The predicted octanol–water partition coefficient (Wildman–Crippen LogP) is 1.58. The van der Waals surface area contributed by atoms with Crippen LogP contribution in [-0.4, -0.2) is 22.7 Å². The zero-order chi connectivity index (χ0) is 12.7. The molecule has 1 unspecified atom stereocenters. The molecular weight excluding hydrogens is 216 g/mol. The van der Waals surface area contributed by atoms with Gasteiger partial charge in [-0.15, -0.1) is 0 Å². The van der Waals surface area contributed by atoms with Crippen LogP contribution < -0.4 is 16.6 Å². The summed E-state index contributed by atoms with van der Waals surface area (Å²) in [5, 5.41) is 13.2. The quantitative estimate of drug-likeness (QED) is 0.428. The number of hydrazine groups is 1. The van der Waals surface area contributed by atoms with Crippen molar-refractivity contribution in [2.45, 2.75) is 32.8 Å². The van der Waals surface area contributed by atoms with Gasteiger partial charge in [-0.05, 0) is 12.0 Å². The molecule has 0 amide bonds. The number of nitrogen functional groups attached to an aromatic ring is 1. The number of pyridine rings is 1. The fraction of sp³-hybridized carbons (Fsp3) is 0.583. The minimum Gasteiger partial charge on any atom is -0.391 e. The molecule has 0 radical (unpaired) electrons. The van der Waals surface area contributed by atoms with Crippen molar-refractivity contribution in [2.75, 3.05) is 17.3 Å². The van der Waals surface area contributed by atoms with Crippen molar-refractivity contribution in [1.29, 1.82) is 0 Å². The maximum absolute atomic E-state index is 9.98. The third-order valence-corrected chi connectivity index (χ3v) is 3.02. The van der Waals surface area contributed by atoms with Crippen LogP contribution in [-0.2, 0) is 0 Å². The summed E-state index contributed by atoms with van der Waals surface area (Å²) in [6.07, 6.45) is 3.32. The fourth-order valence-corrected chi connectivity index (χ4v) is 1.84. The van der Waals surface area contributed by atoms with Crippen LogP contribution in [0.15, 0.2) is 18.3 Å². The van der Waals surface area contributed by atoms with Crippen LogP contribution in [0.5, 0.6) is 0 Å². The number of nitrogens with zero attached hydrogens (tertiary/aromatic N) is 1. The van der Waals surface area contributed by atoms with E-state index in [-0.39, 0.29) is 6.10 Å². The summed E-state index contributed by atoms with van der Waals surface area (Å²) in [4.78, 5) is 4.01. The minimum absolute atomic E-state index is 0.326. The number of nitrogens with two attached hydrogens (primary N) is 1.